The van der Waals surface area contributed by atoms with Crippen LogP contribution in [-0.4, -0.2) is 19.7 Å². The first-order valence-electron chi connectivity index (χ1n) is 4.41. The largest absolute Gasteiger partial charge is 0.465 e. The topological polar surface area (TPSA) is 35.5 Å². The Kier molecular flexibility index (Phi) is 5.14. The summed E-state index contributed by atoms with van der Waals surface area (Å²) in [7, 11) is 1.15. The first-order chi connectivity index (χ1) is 7.99. The Hall–Kier alpha value is -0.880. The lowest BCUT2D eigenvalue weighted by Crippen LogP contribution is -2.11. The van der Waals surface area contributed by atoms with Crippen LogP contribution in [-0.2, 0) is 10.6 Å². The van der Waals surface area contributed by atoms with Gasteiger partial charge in [-0.25, -0.2) is 4.79 Å². The number of hydrogen-bond donors (Lipinski definition) is 0. The van der Waals surface area contributed by atoms with Gasteiger partial charge < -0.3 is 9.47 Å². The molecule has 7 heteroatoms. The average Bonchev–Trinajstić information content (AvgIpc) is 2.26. The van der Waals surface area contributed by atoms with E-state index in [2.05, 4.69) is 25.4 Å². The molecular weight excluding hydrogens is 321 g/mol. The van der Waals surface area contributed by atoms with Crippen LogP contribution < -0.4 is 4.74 Å². The van der Waals surface area contributed by atoms with E-state index in [1.54, 1.807) is 0 Å². The van der Waals surface area contributed by atoms with Gasteiger partial charge >= 0.3 is 12.6 Å². The van der Waals surface area contributed by atoms with E-state index in [9.17, 15) is 13.6 Å². The minimum absolute atomic E-state index is 0.0243. The summed E-state index contributed by atoms with van der Waals surface area (Å²) in [4.78, 5) is 11.5. The monoisotopic (exact) mass is 328 g/mol. The minimum Gasteiger partial charge on any atom is -0.465 e. The SMILES string of the molecule is COC(=O)c1c(CCl)cc(Br)cc1OC(F)F. The van der Waals surface area contributed by atoms with Crippen LogP contribution in [0.4, 0.5) is 8.78 Å². The third-order valence-electron chi connectivity index (χ3n) is 1.90. The molecule has 1 aromatic rings. The van der Waals surface area contributed by atoms with E-state index in [-0.39, 0.29) is 17.2 Å². The molecule has 0 N–H and O–H groups in total. The van der Waals surface area contributed by atoms with Crippen LogP contribution in [0.1, 0.15) is 15.9 Å². The third kappa shape index (κ3) is 3.54. The smallest absolute Gasteiger partial charge is 0.387 e. The molecular formula is C10H8BrClF2O3. The van der Waals surface area contributed by atoms with E-state index in [0.717, 1.165) is 7.11 Å². The van der Waals surface area contributed by atoms with Gasteiger partial charge in [0.15, 0.2) is 0 Å². The van der Waals surface area contributed by atoms with Gasteiger partial charge in [-0.1, -0.05) is 15.9 Å². The minimum atomic E-state index is -3.03. The van der Waals surface area contributed by atoms with Gasteiger partial charge in [0, 0.05) is 10.4 Å². The molecule has 0 spiro atoms. The fourth-order valence-corrected chi connectivity index (χ4v) is 1.96. The highest BCUT2D eigenvalue weighted by molar-refractivity contribution is 9.10. The normalized spacial score (nSPS) is 10.5. The van der Waals surface area contributed by atoms with Crippen molar-refractivity contribution in [3.05, 3.63) is 27.7 Å². The molecule has 17 heavy (non-hydrogen) atoms. The van der Waals surface area contributed by atoms with Gasteiger partial charge in [0.25, 0.3) is 0 Å². The second-order valence-electron chi connectivity index (χ2n) is 2.94. The Bertz CT molecular complexity index is 426. The second-order valence-corrected chi connectivity index (χ2v) is 4.12. The van der Waals surface area contributed by atoms with E-state index in [1.807, 2.05) is 0 Å². The second kappa shape index (κ2) is 6.16. The van der Waals surface area contributed by atoms with Crippen LogP contribution in [0.2, 0.25) is 0 Å². The highest BCUT2D eigenvalue weighted by atomic mass is 79.9. The summed E-state index contributed by atoms with van der Waals surface area (Å²) < 4.78 is 33.7. The van der Waals surface area contributed by atoms with Crippen LogP contribution in [0, 0.1) is 0 Å². The number of benzene rings is 1. The first kappa shape index (κ1) is 14.2. The number of esters is 1. The maximum Gasteiger partial charge on any atom is 0.387 e. The van der Waals surface area contributed by atoms with Crippen molar-refractivity contribution in [2.45, 2.75) is 12.5 Å². The zero-order valence-corrected chi connectivity index (χ0v) is 11.0. The number of ether oxygens (including phenoxy) is 2. The fraction of sp³-hybridized carbons (Fsp3) is 0.300. The van der Waals surface area contributed by atoms with Crippen molar-refractivity contribution in [1.29, 1.82) is 0 Å². The van der Waals surface area contributed by atoms with Gasteiger partial charge in [-0.05, 0) is 17.7 Å². The van der Waals surface area contributed by atoms with Gasteiger partial charge in [0.2, 0.25) is 0 Å². The van der Waals surface area contributed by atoms with E-state index < -0.39 is 12.6 Å². The molecule has 0 aliphatic rings. The van der Waals surface area contributed by atoms with E-state index in [0.29, 0.717) is 10.0 Å². The lowest BCUT2D eigenvalue weighted by atomic mass is 10.1. The van der Waals surface area contributed by atoms with Crippen molar-refractivity contribution in [1.82, 2.24) is 0 Å². The number of carbonyl (C=O) groups excluding carboxylic acids is 1. The number of hydrogen-bond acceptors (Lipinski definition) is 3. The summed E-state index contributed by atoms with van der Waals surface area (Å²) in [6.45, 7) is -3.03. The molecule has 0 saturated carbocycles. The summed E-state index contributed by atoms with van der Waals surface area (Å²) in [5.41, 5.74) is 0.259. The van der Waals surface area contributed by atoms with Crippen molar-refractivity contribution in [3.8, 4) is 5.75 Å². The molecule has 0 radical (unpaired) electrons. The molecule has 0 saturated heterocycles. The molecule has 94 valence electrons. The van der Waals surface area contributed by atoms with Crippen molar-refractivity contribution >= 4 is 33.5 Å². The number of methoxy groups -OCH3 is 1. The molecule has 0 bridgehead atoms. The Balaban J connectivity index is 3.33. The molecule has 0 atom stereocenters. The van der Waals surface area contributed by atoms with Crippen molar-refractivity contribution in [2.75, 3.05) is 7.11 Å². The summed E-state index contributed by atoms with van der Waals surface area (Å²) in [5, 5.41) is 0. The Labute approximate surface area is 110 Å². The maximum absolute atomic E-state index is 12.2. The lowest BCUT2D eigenvalue weighted by molar-refractivity contribution is -0.0504. The molecule has 3 nitrogen and oxygen atoms in total. The molecule has 0 aliphatic carbocycles. The van der Waals surface area contributed by atoms with E-state index >= 15 is 0 Å². The zero-order valence-electron chi connectivity index (χ0n) is 8.68. The summed E-state index contributed by atoms with van der Waals surface area (Å²) in [6, 6.07) is 2.80. The molecule has 1 aromatic carbocycles. The van der Waals surface area contributed by atoms with Crippen LogP contribution >= 0.6 is 27.5 Å². The highest BCUT2D eigenvalue weighted by Crippen LogP contribution is 2.30. The van der Waals surface area contributed by atoms with Crippen LogP contribution in [0.3, 0.4) is 0 Å². The molecule has 0 heterocycles. The van der Waals surface area contributed by atoms with E-state index in [4.69, 9.17) is 11.6 Å². The third-order valence-corrected chi connectivity index (χ3v) is 2.64. The number of carbonyl (C=O) groups is 1. The number of halogens is 4. The molecule has 1 rings (SSSR count). The predicted molar refractivity (Wildman–Crippen MR) is 61.7 cm³/mol. The fourth-order valence-electron chi connectivity index (χ4n) is 1.26. The van der Waals surface area contributed by atoms with Crippen molar-refractivity contribution < 1.29 is 23.0 Å². The molecule has 0 aromatic heterocycles. The molecule has 0 amide bonds. The highest BCUT2D eigenvalue weighted by Gasteiger charge is 2.21. The summed E-state index contributed by atoms with van der Waals surface area (Å²) >= 11 is 8.76. The zero-order chi connectivity index (χ0) is 13.0. The Morgan fingerprint density at radius 3 is 2.65 bits per heavy atom. The molecule has 0 unspecified atom stereocenters. The van der Waals surface area contributed by atoms with Gasteiger partial charge in [0.05, 0.1) is 7.11 Å². The van der Waals surface area contributed by atoms with Gasteiger partial charge in [-0.15, -0.1) is 11.6 Å². The van der Waals surface area contributed by atoms with Crippen LogP contribution in [0.5, 0.6) is 5.75 Å². The summed E-state index contributed by atoms with van der Waals surface area (Å²) in [6.07, 6.45) is 0. The Morgan fingerprint density at radius 1 is 1.53 bits per heavy atom. The van der Waals surface area contributed by atoms with Crippen molar-refractivity contribution in [3.63, 3.8) is 0 Å². The summed E-state index contributed by atoms with van der Waals surface area (Å²) in [5.74, 6) is -1.07. The van der Waals surface area contributed by atoms with Crippen molar-refractivity contribution in [2.24, 2.45) is 0 Å². The molecule has 0 aliphatic heterocycles. The molecule has 0 fully saturated rings. The quantitative estimate of drug-likeness (QED) is 0.626. The lowest BCUT2D eigenvalue weighted by Gasteiger charge is -2.13. The van der Waals surface area contributed by atoms with Gasteiger partial charge in [0.1, 0.15) is 11.3 Å². The maximum atomic E-state index is 12.2. The average molecular weight is 330 g/mol. The van der Waals surface area contributed by atoms with Gasteiger partial charge in [-0.2, -0.15) is 8.78 Å². The number of rotatable bonds is 4. The first-order valence-corrected chi connectivity index (χ1v) is 5.73. The number of alkyl halides is 3. The van der Waals surface area contributed by atoms with Crippen LogP contribution in [0.15, 0.2) is 16.6 Å². The predicted octanol–water partition coefficient (Wildman–Crippen LogP) is 3.58. The van der Waals surface area contributed by atoms with Crippen LogP contribution in [0.25, 0.3) is 0 Å². The Morgan fingerprint density at radius 2 is 2.18 bits per heavy atom. The standard InChI is InChI=1S/C10H8BrClF2O3/c1-16-9(15)8-5(4-12)2-6(11)3-7(8)17-10(13)14/h2-3,10H,4H2,1H3. The van der Waals surface area contributed by atoms with E-state index in [1.165, 1.54) is 12.1 Å². The van der Waals surface area contributed by atoms with Gasteiger partial charge in [-0.3, -0.25) is 0 Å².